The molecule has 2 heterocycles. The van der Waals surface area contributed by atoms with Crippen LogP contribution in [0.2, 0.25) is 0 Å². The van der Waals surface area contributed by atoms with Crippen LogP contribution in [0.25, 0.3) is 0 Å². The second kappa shape index (κ2) is 9.22. The molecule has 2 aromatic carbocycles. The van der Waals surface area contributed by atoms with Gasteiger partial charge in [0.1, 0.15) is 6.54 Å². The third-order valence-electron chi connectivity index (χ3n) is 7.46. The molecule has 34 heavy (non-hydrogen) atoms. The zero-order chi connectivity index (χ0) is 23.8. The minimum Gasteiger partial charge on any atom is -0.363 e. The van der Waals surface area contributed by atoms with Gasteiger partial charge in [-0.05, 0) is 55.5 Å². The summed E-state index contributed by atoms with van der Waals surface area (Å²) in [5, 5.41) is 2.93. The molecule has 0 spiro atoms. The number of rotatable bonds is 5. The van der Waals surface area contributed by atoms with Crippen LogP contribution >= 0.6 is 0 Å². The van der Waals surface area contributed by atoms with E-state index in [1.807, 2.05) is 62.4 Å². The highest BCUT2D eigenvalue weighted by atomic mass is 16.5. The third-order valence-corrected chi connectivity index (χ3v) is 7.46. The lowest BCUT2D eigenvalue weighted by Gasteiger charge is -2.43. The standard InChI is InChI=1S/C27H31N3O4/c1-17-12-13-20(14-18(17)2)28-23(31)16-29-24-21-10-6-7-11-22(21)34-25(24)26(32)30(27(29)33)15-19-8-4-3-5-9-19/h3-5,8-9,12-14,21-22,24-25H,6-7,10-11,15-16H2,1-2H3,(H,28,31). The summed E-state index contributed by atoms with van der Waals surface area (Å²) >= 11 is 0. The fourth-order valence-electron chi connectivity index (χ4n) is 5.57. The van der Waals surface area contributed by atoms with Crippen LogP contribution in [0, 0.1) is 19.8 Å². The molecule has 178 valence electrons. The molecule has 2 aliphatic heterocycles. The van der Waals surface area contributed by atoms with E-state index in [0.717, 1.165) is 42.4 Å². The zero-order valence-corrected chi connectivity index (χ0v) is 19.7. The van der Waals surface area contributed by atoms with Crippen molar-refractivity contribution in [3.05, 3.63) is 65.2 Å². The van der Waals surface area contributed by atoms with Gasteiger partial charge < -0.3 is 15.0 Å². The maximum atomic E-state index is 13.6. The first-order valence-electron chi connectivity index (χ1n) is 12.1. The Morgan fingerprint density at radius 3 is 2.56 bits per heavy atom. The fraction of sp³-hybridized carbons (Fsp3) is 0.444. The molecule has 1 saturated carbocycles. The van der Waals surface area contributed by atoms with Gasteiger partial charge in [0.2, 0.25) is 5.91 Å². The van der Waals surface area contributed by atoms with Gasteiger partial charge in [-0.25, -0.2) is 4.79 Å². The largest absolute Gasteiger partial charge is 0.363 e. The highest BCUT2D eigenvalue weighted by Crippen LogP contribution is 2.43. The van der Waals surface area contributed by atoms with Crippen molar-refractivity contribution in [2.24, 2.45) is 5.92 Å². The predicted octanol–water partition coefficient (Wildman–Crippen LogP) is 4.03. The molecule has 0 bridgehead atoms. The summed E-state index contributed by atoms with van der Waals surface area (Å²) in [6, 6.07) is 14.4. The van der Waals surface area contributed by atoms with Crippen molar-refractivity contribution in [1.29, 1.82) is 0 Å². The van der Waals surface area contributed by atoms with E-state index in [-0.39, 0.29) is 36.9 Å². The minimum atomic E-state index is -0.719. The summed E-state index contributed by atoms with van der Waals surface area (Å²) in [7, 11) is 0. The Morgan fingerprint density at radius 2 is 1.79 bits per heavy atom. The maximum Gasteiger partial charge on any atom is 0.327 e. The van der Waals surface area contributed by atoms with Gasteiger partial charge in [0, 0.05) is 11.6 Å². The normalized spacial score (nSPS) is 26.3. The lowest BCUT2D eigenvalue weighted by Crippen LogP contribution is -2.65. The van der Waals surface area contributed by atoms with Crippen LogP contribution in [0.15, 0.2) is 48.5 Å². The molecule has 4 amide bonds. The summed E-state index contributed by atoms with van der Waals surface area (Å²) in [5.41, 5.74) is 3.79. The number of hydrogen-bond donors (Lipinski definition) is 1. The lowest BCUT2D eigenvalue weighted by molar-refractivity contribution is -0.147. The van der Waals surface area contributed by atoms with Crippen LogP contribution in [0.3, 0.4) is 0 Å². The van der Waals surface area contributed by atoms with Crippen LogP contribution in [0.5, 0.6) is 0 Å². The van der Waals surface area contributed by atoms with Gasteiger partial charge in [-0.15, -0.1) is 0 Å². The second-order valence-electron chi connectivity index (χ2n) is 9.70. The summed E-state index contributed by atoms with van der Waals surface area (Å²) in [4.78, 5) is 42.9. The van der Waals surface area contributed by atoms with E-state index in [0.29, 0.717) is 5.69 Å². The van der Waals surface area contributed by atoms with E-state index in [2.05, 4.69) is 5.32 Å². The van der Waals surface area contributed by atoms with Crippen molar-refractivity contribution in [2.75, 3.05) is 11.9 Å². The molecule has 7 heteroatoms. The number of amides is 4. The van der Waals surface area contributed by atoms with Crippen molar-refractivity contribution in [2.45, 2.75) is 64.3 Å². The van der Waals surface area contributed by atoms with Crippen LogP contribution in [0.4, 0.5) is 10.5 Å². The van der Waals surface area contributed by atoms with Crippen molar-refractivity contribution >= 4 is 23.5 Å². The molecule has 0 radical (unpaired) electrons. The van der Waals surface area contributed by atoms with E-state index >= 15 is 0 Å². The van der Waals surface area contributed by atoms with Crippen molar-refractivity contribution < 1.29 is 19.1 Å². The van der Waals surface area contributed by atoms with E-state index in [9.17, 15) is 14.4 Å². The Bertz CT molecular complexity index is 1100. The molecule has 1 N–H and O–H groups in total. The summed E-state index contributed by atoms with van der Waals surface area (Å²) in [5.74, 6) is -0.484. The molecule has 1 aliphatic carbocycles. The molecular weight excluding hydrogens is 430 g/mol. The van der Waals surface area contributed by atoms with Crippen LogP contribution in [0.1, 0.15) is 42.4 Å². The molecular formula is C27H31N3O4. The monoisotopic (exact) mass is 461 g/mol. The van der Waals surface area contributed by atoms with Gasteiger partial charge in [0.15, 0.2) is 6.10 Å². The van der Waals surface area contributed by atoms with Crippen molar-refractivity contribution in [3.8, 4) is 0 Å². The lowest BCUT2D eigenvalue weighted by atomic mass is 9.81. The number of ether oxygens (including phenoxy) is 1. The van der Waals surface area contributed by atoms with Crippen molar-refractivity contribution in [3.63, 3.8) is 0 Å². The molecule has 2 aromatic rings. The highest BCUT2D eigenvalue weighted by Gasteiger charge is 2.57. The number of carbonyl (C=O) groups excluding carboxylic acids is 3. The van der Waals surface area contributed by atoms with Crippen LogP contribution in [-0.2, 0) is 20.9 Å². The predicted molar refractivity (Wildman–Crippen MR) is 128 cm³/mol. The van der Waals surface area contributed by atoms with E-state index in [1.54, 1.807) is 4.90 Å². The van der Waals surface area contributed by atoms with E-state index in [1.165, 1.54) is 4.90 Å². The molecule has 4 atom stereocenters. The van der Waals surface area contributed by atoms with Crippen molar-refractivity contribution in [1.82, 2.24) is 9.80 Å². The number of imide groups is 1. The SMILES string of the molecule is Cc1ccc(NC(=O)CN2C(=O)N(Cc3ccccc3)C(=O)C3OC4CCCCC4C32)cc1C. The summed E-state index contributed by atoms with van der Waals surface area (Å²) < 4.78 is 6.24. The zero-order valence-electron chi connectivity index (χ0n) is 19.7. The number of aryl methyl sites for hydroxylation is 2. The Hall–Kier alpha value is -3.19. The van der Waals surface area contributed by atoms with Crippen LogP contribution < -0.4 is 5.32 Å². The summed E-state index contributed by atoms with van der Waals surface area (Å²) in [6.45, 7) is 4.07. The number of carbonyl (C=O) groups is 3. The van der Waals surface area contributed by atoms with Gasteiger partial charge in [-0.2, -0.15) is 0 Å². The molecule has 3 aliphatic rings. The fourth-order valence-corrected chi connectivity index (χ4v) is 5.57. The average molecular weight is 462 g/mol. The molecule has 0 aromatic heterocycles. The quantitative estimate of drug-likeness (QED) is 0.729. The van der Waals surface area contributed by atoms with E-state index in [4.69, 9.17) is 4.74 Å². The molecule has 2 saturated heterocycles. The number of benzene rings is 2. The Balaban J connectivity index is 1.41. The van der Waals surface area contributed by atoms with Gasteiger partial charge in [-0.3, -0.25) is 14.5 Å². The first-order chi connectivity index (χ1) is 16.4. The van der Waals surface area contributed by atoms with Gasteiger partial charge in [0.25, 0.3) is 5.91 Å². The Labute approximate surface area is 200 Å². The van der Waals surface area contributed by atoms with Gasteiger partial charge >= 0.3 is 6.03 Å². The number of fused-ring (bicyclic) bond motifs is 3. The highest BCUT2D eigenvalue weighted by molar-refractivity contribution is 6.02. The first-order valence-corrected chi connectivity index (χ1v) is 12.1. The Kier molecular flexibility index (Phi) is 6.13. The number of hydrogen-bond acceptors (Lipinski definition) is 4. The van der Waals surface area contributed by atoms with Crippen LogP contribution in [-0.4, -0.2) is 52.4 Å². The van der Waals surface area contributed by atoms with Gasteiger partial charge in [-0.1, -0.05) is 49.2 Å². The summed E-state index contributed by atoms with van der Waals surface area (Å²) in [6.07, 6.45) is 3.14. The maximum absolute atomic E-state index is 13.6. The Morgan fingerprint density at radius 1 is 1.03 bits per heavy atom. The minimum absolute atomic E-state index is 0.0394. The number of nitrogens with zero attached hydrogens (tertiary/aromatic N) is 2. The molecule has 3 fully saturated rings. The van der Waals surface area contributed by atoms with E-state index < -0.39 is 18.2 Å². The third kappa shape index (κ3) is 4.20. The second-order valence-corrected chi connectivity index (χ2v) is 9.70. The smallest absolute Gasteiger partial charge is 0.327 e. The number of anilines is 1. The molecule has 4 unspecified atom stereocenters. The average Bonchev–Trinajstić information content (AvgIpc) is 3.22. The molecule has 5 rings (SSSR count). The van der Waals surface area contributed by atoms with Gasteiger partial charge in [0.05, 0.1) is 18.7 Å². The number of nitrogens with one attached hydrogen (secondary N) is 1. The number of urea groups is 1. The molecule has 7 nitrogen and oxygen atoms in total. The first kappa shape index (κ1) is 22.6. The topological polar surface area (TPSA) is 79.0 Å².